The standard InChI is InChI=1S/C9H8FIN2/c1-2-13-5-12-7-4-3-6(11)8(10)9(7)13/h3-5H,2H2,1H3. The number of fused-ring (bicyclic) bond motifs is 1. The van der Waals surface area contributed by atoms with E-state index in [0.29, 0.717) is 9.09 Å². The van der Waals surface area contributed by atoms with E-state index in [9.17, 15) is 4.39 Å². The van der Waals surface area contributed by atoms with Crippen LogP contribution in [0.25, 0.3) is 11.0 Å². The van der Waals surface area contributed by atoms with Crippen LogP contribution in [-0.2, 0) is 6.54 Å². The summed E-state index contributed by atoms with van der Waals surface area (Å²) in [6.45, 7) is 2.72. The minimum Gasteiger partial charge on any atom is -0.328 e. The van der Waals surface area contributed by atoms with E-state index >= 15 is 0 Å². The molecule has 2 nitrogen and oxygen atoms in total. The highest BCUT2D eigenvalue weighted by atomic mass is 127. The topological polar surface area (TPSA) is 17.8 Å². The summed E-state index contributed by atoms with van der Waals surface area (Å²) in [4.78, 5) is 4.11. The van der Waals surface area contributed by atoms with Gasteiger partial charge in [0.1, 0.15) is 5.52 Å². The molecular formula is C9H8FIN2. The lowest BCUT2D eigenvalue weighted by Gasteiger charge is -2.01. The monoisotopic (exact) mass is 290 g/mol. The van der Waals surface area contributed by atoms with Crippen LogP contribution >= 0.6 is 22.6 Å². The SMILES string of the molecule is CCn1cnc2ccc(I)c(F)c21. The molecule has 0 unspecified atom stereocenters. The zero-order chi connectivity index (χ0) is 9.42. The summed E-state index contributed by atoms with van der Waals surface area (Å²) in [5.41, 5.74) is 1.33. The van der Waals surface area contributed by atoms with E-state index < -0.39 is 0 Å². The molecule has 13 heavy (non-hydrogen) atoms. The Morgan fingerprint density at radius 1 is 1.54 bits per heavy atom. The molecule has 68 valence electrons. The Kier molecular flexibility index (Phi) is 2.23. The molecule has 0 saturated heterocycles. The van der Waals surface area contributed by atoms with E-state index in [2.05, 4.69) is 4.98 Å². The van der Waals surface area contributed by atoms with E-state index in [1.54, 1.807) is 12.4 Å². The molecule has 1 aromatic carbocycles. The molecular weight excluding hydrogens is 282 g/mol. The third kappa shape index (κ3) is 1.33. The summed E-state index contributed by atoms with van der Waals surface area (Å²) in [7, 11) is 0. The molecule has 1 aromatic heterocycles. The molecule has 2 aromatic rings. The van der Waals surface area contributed by atoms with Gasteiger partial charge >= 0.3 is 0 Å². The number of hydrogen-bond donors (Lipinski definition) is 0. The van der Waals surface area contributed by atoms with Gasteiger partial charge in [-0.2, -0.15) is 0 Å². The van der Waals surface area contributed by atoms with Gasteiger partial charge in [0, 0.05) is 6.54 Å². The fraction of sp³-hybridized carbons (Fsp3) is 0.222. The minimum absolute atomic E-state index is 0.169. The van der Waals surface area contributed by atoms with Crippen molar-refractivity contribution in [2.24, 2.45) is 0 Å². The zero-order valence-corrected chi connectivity index (χ0v) is 9.25. The van der Waals surface area contributed by atoms with Crippen LogP contribution in [0.1, 0.15) is 6.92 Å². The fourth-order valence-corrected chi connectivity index (χ4v) is 1.77. The Bertz CT molecular complexity index is 450. The molecule has 0 saturated carbocycles. The summed E-state index contributed by atoms with van der Waals surface area (Å²) >= 11 is 1.99. The summed E-state index contributed by atoms with van der Waals surface area (Å²) in [6, 6.07) is 3.58. The molecule has 0 aliphatic heterocycles. The maximum Gasteiger partial charge on any atom is 0.162 e. The highest BCUT2D eigenvalue weighted by molar-refractivity contribution is 14.1. The van der Waals surface area contributed by atoms with Gasteiger partial charge in [-0.15, -0.1) is 0 Å². The number of hydrogen-bond acceptors (Lipinski definition) is 1. The van der Waals surface area contributed by atoms with Crippen molar-refractivity contribution in [3.05, 3.63) is 27.8 Å². The van der Waals surface area contributed by atoms with Gasteiger partial charge in [-0.05, 0) is 41.6 Å². The normalized spacial score (nSPS) is 11.0. The fourth-order valence-electron chi connectivity index (χ4n) is 1.34. The Morgan fingerprint density at radius 2 is 2.31 bits per heavy atom. The molecule has 0 aliphatic rings. The first-order valence-corrected chi connectivity index (χ1v) is 5.10. The lowest BCUT2D eigenvalue weighted by atomic mass is 10.3. The molecule has 0 radical (unpaired) electrons. The Hall–Kier alpha value is -0.650. The second kappa shape index (κ2) is 3.25. The van der Waals surface area contributed by atoms with E-state index in [0.717, 1.165) is 12.1 Å². The maximum absolute atomic E-state index is 13.6. The van der Waals surface area contributed by atoms with Crippen molar-refractivity contribution in [1.82, 2.24) is 9.55 Å². The smallest absolute Gasteiger partial charge is 0.162 e. The molecule has 0 fully saturated rings. The first-order valence-electron chi connectivity index (χ1n) is 4.03. The number of rotatable bonds is 1. The Balaban J connectivity index is 2.85. The van der Waals surface area contributed by atoms with Gasteiger partial charge in [-0.3, -0.25) is 0 Å². The number of nitrogens with zero attached hydrogens (tertiary/aromatic N) is 2. The first kappa shape index (κ1) is 8.93. The van der Waals surface area contributed by atoms with Crippen molar-refractivity contribution < 1.29 is 4.39 Å². The summed E-state index contributed by atoms with van der Waals surface area (Å²) in [5, 5.41) is 0. The van der Waals surface area contributed by atoms with Gasteiger partial charge in [0.05, 0.1) is 15.4 Å². The van der Waals surface area contributed by atoms with Crippen molar-refractivity contribution in [1.29, 1.82) is 0 Å². The minimum atomic E-state index is -0.169. The molecule has 4 heteroatoms. The van der Waals surface area contributed by atoms with Crippen LogP contribution in [0.2, 0.25) is 0 Å². The lowest BCUT2D eigenvalue weighted by Crippen LogP contribution is -1.94. The number of benzene rings is 1. The van der Waals surface area contributed by atoms with E-state index in [-0.39, 0.29) is 5.82 Å². The summed E-state index contributed by atoms with van der Waals surface area (Å²) in [6.07, 6.45) is 1.67. The van der Waals surface area contributed by atoms with Crippen molar-refractivity contribution >= 4 is 33.6 Å². The Labute approximate surface area is 88.9 Å². The van der Waals surface area contributed by atoms with Crippen molar-refractivity contribution in [2.45, 2.75) is 13.5 Å². The van der Waals surface area contributed by atoms with Gasteiger partial charge < -0.3 is 4.57 Å². The molecule has 0 spiro atoms. The average molecular weight is 290 g/mol. The van der Waals surface area contributed by atoms with Gasteiger partial charge in [0.2, 0.25) is 0 Å². The second-order valence-corrected chi connectivity index (χ2v) is 3.92. The predicted molar refractivity (Wildman–Crippen MR) is 58.1 cm³/mol. The summed E-state index contributed by atoms with van der Waals surface area (Å²) in [5.74, 6) is -0.169. The third-order valence-corrected chi connectivity index (χ3v) is 2.84. The zero-order valence-electron chi connectivity index (χ0n) is 7.09. The molecule has 0 aliphatic carbocycles. The van der Waals surface area contributed by atoms with Crippen LogP contribution in [0.3, 0.4) is 0 Å². The first-order chi connectivity index (χ1) is 6.24. The van der Waals surface area contributed by atoms with Crippen LogP contribution in [0.4, 0.5) is 4.39 Å². The van der Waals surface area contributed by atoms with Gasteiger partial charge in [0.15, 0.2) is 5.82 Å². The van der Waals surface area contributed by atoms with Crippen molar-refractivity contribution in [3.8, 4) is 0 Å². The predicted octanol–water partition coefficient (Wildman–Crippen LogP) is 2.80. The highest BCUT2D eigenvalue weighted by Crippen LogP contribution is 2.21. The number of imidazole rings is 1. The number of halogens is 2. The van der Waals surface area contributed by atoms with E-state index in [1.807, 2.05) is 40.1 Å². The lowest BCUT2D eigenvalue weighted by molar-refractivity contribution is 0.619. The second-order valence-electron chi connectivity index (χ2n) is 2.76. The van der Waals surface area contributed by atoms with Crippen LogP contribution in [0, 0.1) is 9.39 Å². The number of aromatic nitrogens is 2. The van der Waals surface area contributed by atoms with Gasteiger partial charge in [-0.25, -0.2) is 9.37 Å². The quantitative estimate of drug-likeness (QED) is 0.738. The van der Waals surface area contributed by atoms with E-state index in [1.165, 1.54) is 0 Å². The van der Waals surface area contributed by atoms with E-state index in [4.69, 9.17) is 0 Å². The van der Waals surface area contributed by atoms with Crippen molar-refractivity contribution in [3.63, 3.8) is 0 Å². The van der Waals surface area contributed by atoms with Crippen LogP contribution in [0.5, 0.6) is 0 Å². The average Bonchev–Trinajstić information content (AvgIpc) is 2.55. The van der Waals surface area contributed by atoms with Gasteiger partial charge in [0.25, 0.3) is 0 Å². The molecule has 0 bridgehead atoms. The maximum atomic E-state index is 13.6. The third-order valence-electron chi connectivity index (χ3n) is 2.01. The molecule has 2 rings (SSSR count). The largest absolute Gasteiger partial charge is 0.328 e. The van der Waals surface area contributed by atoms with Crippen LogP contribution < -0.4 is 0 Å². The highest BCUT2D eigenvalue weighted by Gasteiger charge is 2.09. The van der Waals surface area contributed by atoms with Gasteiger partial charge in [-0.1, -0.05) is 0 Å². The number of aryl methyl sites for hydroxylation is 1. The molecule has 0 atom stereocenters. The molecule has 1 heterocycles. The summed E-state index contributed by atoms with van der Waals surface area (Å²) < 4.78 is 16.1. The molecule has 0 N–H and O–H groups in total. The Morgan fingerprint density at radius 3 is 3.00 bits per heavy atom. The molecule has 0 amide bonds. The van der Waals surface area contributed by atoms with Crippen LogP contribution in [-0.4, -0.2) is 9.55 Å². The van der Waals surface area contributed by atoms with Crippen LogP contribution in [0.15, 0.2) is 18.5 Å². The van der Waals surface area contributed by atoms with Crippen molar-refractivity contribution in [2.75, 3.05) is 0 Å².